The van der Waals surface area contributed by atoms with Gasteiger partial charge < -0.3 is 19.5 Å². The fraction of sp³-hybridized carbons (Fsp3) is 0.467. The minimum Gasteiger partial charge on any atom is -0.501 e. The van der Waals surface area contributed by atoms with Gasteiger partial charge in [-0.1, -0.05) is 0 Å². The summed E-state index contributed by atoms with van der Waals surface area (Å²) in [5.74, 6) is 1.68. The van der Waals surface area contributed by atoms with Crippen molar-refractivity contribution in [2.45, 2.75) is 18.9 Å². The van der Waals surface area contributed by atoms with Gasteiger partial charge in [0.1, 0.15) is 11.5 Å². The molecular weight excluding hydrogens is 242 g/mol. The molecule has 0 bridgehead atoms. The van der Waals surface area contributed by atoms with Crippen molar-refractivity contribution in [3.05, 3.63) is 35.6 Å². The molecule has 1 aromatic carbocycles. The van der Waals surface area contributed by atoms with E-state index < -0.39 is 0 Å². The Hall–Kier alpha value is -1.68. The van der Waals surface area contributed by atoms with Gasteiger partial charge in [-0.2, -0.15) is 0 Å². The Morgan fingerprint density at radius 2 is 2.11 bits per heavy atom. The first-order valence-corrected chi connectivity index (χ1v) is 6.50. The first-order chi connectivity index (χ1) is 9.30. The number of methoxy groups -OCH3 is 2. The van der Waals surface area contributed by atoms with Crippen LogP contribution in [0.15, 0.2) is 30.0 Å². The van der Waals surface area contributed by atoms with Gasteiger partial charge in [-0.25, -0.2) is 0 Å². The zero-order valence-corrected chi connectivity index (χ0v) is 11.7. The summed E-state index contributed by atoms with van der Waals surface area (Å²) in [5, 5.41) is 3.33. The molecule has 1 heterocycles. The molecular formula is C15H21NO3. The van der Waals surface area contributed by atoms with Crippen molar-refractivity contribution < 1.29 is 14.2 Å². The first-order valence-electron chi connectivity index (χ1n) is 6.50. The molecule has 4 nitrogen and oxygen atoms in total. The van der Waals surface area contributed by atoms with Crippen LogP contribution in [0, 0.1) is 0 Å². The fourth-order valence-corrected chi connectivity index (χ4v) is 2.40. The van der Waals surface area contributed by atoms with Crippen LogP contribution in [0.4, 0.5) is 0 Å². The number of hydrogen-bond donors (Lipinski definition) is 1. The normalized spacial score (nSPS) is 16.3. The second-order valence-electron chi connectivity index (χ2n) is 4.50. The van der Waals surface area contributed by atoms with Crippen molar-refractivity contribution in [3.63, 3.8) is 0 Å². The smallest absolute Gasteiger partial charge is 0.124 e. The third kappa shape index (κ3) is 3.01. The molecule has 104 valence electrons. The van der Waals surface area contributed by atoms with Gasteiger partial charge in [0.25, 0.3) is 0 Å². The quantitative estimate of drug-likeness (QED) is 0.886. The van der Waals surface area contributed by atoms with Crippen LogP contribution >= 0.6 is 0 Å². The molecule has 1 unspecified atom stereocenters. The molecule has 0 saturated carbocycles. The van der Waals surface area contributed by atoms with Crippen molar-refractivity contribution >= 4 is 0 Å². The van der Waals surface area contributed by atoms with Crippen LogP contribution in [0.1, 0.15) is 24.4 Å². The maximum Gasteiger partial charge on any atom is 0.124 e. The molecule has 0 saturated heterocycles. The number of ether oxygens (including phenoxy) is 3. The summed E-state index contributed by atoms with van der Waals surface area (Å²) in [6.07, 6.45) is 3.95. The van der Waals surface area contributed by atoms with Crippen LogP contribution in [-0.4, -0.2) is 27.9 Å². The number of hydrogen-bond acceptors (Lipinski definition) is 4. The highest BCUT2D eigenvalue weighted by Gasteiger charge is 2.21. The largest absolute Gasteiger partial charge is 0.501 e. The monoisotopic (exact) mass is 263 g/mol. The first kappa shape index (κ1) is 13.7. The summed E-state index contributed by atoms with van der Waals surface area (Å²) in [7, 11) is 5.30. The topological polar surface area (TPSA) is 39.7 Å². The highest BCUT2D eigenvalue weighted by atomic mass is 16.5. The van der Waals surface area contributed by atoms with Crippen molar-refractivity contribution in [1.82, 2.24) is 5.32 Å². The van der Waals surface area contributed by atoms with E-state index in [-0.39, 0.29) is 6.04 Å². The maximum atomic E-state index is 5.45. The van der Waals surface area contributed by atoms with Gasteiger partial charge in [-0.05, 0) is 43.7 Å². The molecule has 1 atom stereocenters. The van der Waals surface area contributed by atoms with Crippen LogP contribution in [0.3, 0.4) is 0 Å². The lowest BCUT2D eigenvalue weighted by Gasteiger charge is -2.25. The molecule has 1 aliphatic rings. The number of likely N-dealkylation sites (N-methyl/N-ethyl adjacent to an activating group) is 1. The summed E-state index contributed by atoms with van der Waals surface area (Å²) in [6.45, 7) is 0.801. The van der Waals surface area contributed by atoms with Crippen LogP contribution in [0.25, 0.3) is 0 Å². The van der Waals surface area contributed by atoms with E-state index in [0.29, 0.717) is 0 Å². The molecule has 0 amide bonds. The highest BCUT2D eigenvalue weighted by molar-refractivity contribution is 5.45. The molecule has 0 fully saturated rings. The summed E-state index contributed by atoms with van der Waals surface area (Å²) in [5.41, 5.74) is 2.31. The highest BCUT2D eigenvalue weighted by Crippen LogP contribution is 2.35. The molecule has 0 radical (unpaired) electrons. The van der Waals surface area contributed by atoms with Gasteiger partial charge in [0.15, 0.2) is 0 Å². The molecule has 0 aromatic heterocycles. The van der Waals surface area contributed by atoms with Crippen molar-refractivity contribution in [2.75, 3.05) is 27.9 Å². The van der Waals surface area contributed by atoms with Crippen LogP contribution < -0.4 is 14.8 Å². The fourth-order valence-electron chi connectivity index (χ4n) is 2.40. The van der Waals surface area contributed by atoms with E-state index >= 15 is 0 Å². The standard InChI is InChI=1S/C15H21NO3/c1-16-15(11-5-4-8-19-10-11)13-9-12(17-2)6-7-14(13)18-3/h6-7,9-10,15-16H,4-5,8H2,1-3H3. The average molecular weight is 263 g/mol. The van der Waals surface area contributed by atoms with E-state index in [9.17, 15) is 0 Å². The lowest BCUT2D eigenvalue weighted by atomic mass is 9.94. The van der Waals surface area contributed by atoms with E-state index in [1.54, 1.807) is 14.2 Å². The minimum atomic E-state index is 0.0883. The van der Waals surface area contributed by atoms with Crippen LogP contribution in [-0.2, 0) is 4.74 Å². The zero-order chi connectivity index (χ0) is 13.7. The lowest BCUT2D eigenvalue weighted by molar-refractivity contribution is 0.219. The lowest BCUT2D eigenvalue weighted by Crippen LogP contribution is -2.21. The Labute approximate surface area is 114 Å². The van der Waals surface area contributed by atoms with Crippen molar-refractivity contribution in [1.29, 1.82) is 0 Å². The molecule has 1 aromatic rings. The van der Waals surface area contributed by atoms with E-state index in [1.807, 2.05) is 31.5 Å². The van der Waals surface area contributed by atoms with Crippen molar-refractivity contribution in [3.8, 4) is 11.5 Å². The Bertz CT molecular complexity index is 457. The van der Waals surface area contributed by atoms with Gasteiger partial charge in [-0.3, -0.25) is 0 Å². The SMILES string of the molecule is CNC(C1=COCCC1)c1cc(OC)ccc1OC. The van der Waals surface area contributed by atoms with Crippen LogP contribution in [0.2, 0.25) is 0 Å². The van der Waals surface area contributed by atoms with Crippen molar-refractivity contribution in [2.24, 2.45) is 0 Å². The van der Waals surface area contributed by atoms with E-state index in [4.69, 9.17) is 14.2 Å². The Kier molecular flexibility index (Phi) is 4.68. The Balaban J connectivity index is 2.38. The van der Waals surface area contributed by atoms with E-state index in [1.165, 1.54) is 5.57 Å². The summed E-state index contributed by atoms with van der Waals surface area (Å²) in [6, 6.07) is 5.93. The maximum absolute atomic E-state index is 5.45. The minimum absolute atomic E-state index is 0.0883. The zero-order valence-electron chi connectivity index (χ0n) is 11.7. The van der Waals surface area contributed by atoms with E-state index in [2.05, 4.69) is 5.32 Å². The second kappa shape index (κ2) is 6.48. The molecule has 1 aliphatic heterocycles. The van der Waals surface area contributed by atoms with Gasteiger partial charge in [0.05, 0.1) is 33.1 Å². The molecule has 1 N–H and O–H groups in total. The Morgan fingerprint density at radius 3 is 2.68 bits per heavy atom. The number of rotatable bonds is 5. The summed E-state index contributed by atoms with van der Waals surface area (Å²) in [4.78, 5) is 0. The van der Waals surface area contributed by atoms with Crippen LogP contribution in [0.5, 0.6) is 11.5 Å². The van der Waals surface area contributed by atoms with E-state index in [0.717, 1.165) is 36.5 Å². The summed E-state index contributed by atoms with van der Waals surface area (Å²) >= 11 is 0. The molecule has 2 rings (SSSR count). The predicted octanol–water partition coefficient (Wildman–Crippen LogP) is 2.66. The number of nitrogens with one attached hydrogen (secondary N) is 1. The van der Waals surface area contributed by atoms with Gasteiger partial charge in [0, 0.05) is 5.56 Å². The Morgan fingerprint density at radius 1 is 1.26 bits per heavy atom. The number of benzene rings is 1. The van der Waals surface area contributed by atoms with Gasteiger partial charge in [0.2, 0.25) is 0 Å². The molecule has 19 heavy (non-hydrogen) atoms. The van der Waals surface area contributed by atoms with Gasteiger partial charge >= 0.3 is 0 Å². The second-order valence-corrected chi connectivity index (χ2v) is 4.50. The van der Waals surface area contributed by atoms with Gasteiger partial charge in [-0.15, -0.1) is 0 Å². The molecule has 0 aliphatic carbocycles. The predicted molar refractivity (Wildman–Crippen MR) is 74.6 cm³/mol. The molecule has 4 heteroatoms. The average Bonchev–Trinajstić information content (AvgIpc) is 2.49. The molecule has 0 spiro atoms. The summed E-state index contributed by atoms with van der Waals surface area (Å²) < 4.78 is 16.2. The third-order valence-corrected chi connectivity index (χ3v) is 3.37. The third-order valence-electron chi connectivity index (χ3n) is 3.37.